The van der Waals surface area contributed by atoms with Crippen molar-refractivity contribution in [1.82, 2.24) is 10.8 Å². The molecule has 1 aromatic carbocycles. The van der Waals surface area contributed by atoms with Gasteiger partial charge in [-0.25, -0.2) is 5.48 Å². The maximum absolute atomic E-state index is 11.6. The molecule has 6 heteroatoms. The van der Waals surface area contributed by atoms with Crippen molar-refractivity contribution in [3.63, 3.8) is 0 Å². The van der Waals surface area contributed by atoms with Crippen LogP contribution in [0.15, 0.2) is 48.6 Å². The van der Waals surface area contributed by atoms with Crippen LogP contribution in [0.5, 0.6) is 0 Å². The van der Waals surface area contributed by atoms with Gasteiger partial charge >= 0.3 is 0 Å². The van der Waals surface area contributed by atoms with Gasteiger partial charge in [0.05, 0.1) is 6.10 Å². The average molecular weight is 290 g/mol. The topological polar surface area (TPSA) is 98.7 Å². The summed E-state index contributed by atoms with van der Waals surface area (Å²) < 4.78 is 0. The Morgan fingerprint density at radius 1 is 1.19 bits per heavy atom. The van der Waals surface area contributed by atoms with Crippen molar-refractivity contribution in [3.8, 4) is 0 Å². The third kappa shape index (κ3) is 6.03. The van der Waals surface area contributed by atoms with E-state index in [4.69, 9.17) is 5.21 Å². The van der Waals surface area contributed by atoms with Gasteiger partial charge in [-0.3, -0.25) is 14.8 Å². The van der Waals surface area contributed by atoms with Gasteiger partial charge in [0.15, 0.2) is 0 Å². The van der Waals surface area contributed by atoms with Gasteiger partial charge in [-0.2, -0.15) is 0 Å². The molecule has 1 aromatic rings. The molecule has 4 N–H and O–H groups in total. The summed E-state index contributed by atoms with van der Waals surface area (Å²) in [5, 5.41) is 20.2. The number of hydrogen-bond donors (Lipinski definition) is 4. The summed E-state index contributed by atoms with van der Waals surface area (Å²) in [5.74, 6) is -1.44. The van der Waals surface area contributed by atoms with Crippen LogP contribution in [-0.2, 0) is 9.59 Å². The van der Waals surface area contributed by atoms with Gasteiger partial charge < -0.3 is 10.4 Å². The van der Waals surface area contributed by atoms with Crippen molar-refractivity contribution >= 4 is 17.9 Å². The molecular formula is C15H18N2O4. The van der Waals surface area contributed by atoms with Crippen LogP contribution in [0.3, 0.4) is 0 Å². The highest BCUT2D eigenvalue weighted by Crippen LogP contribution is 2.00. The zero-order valence-electron chi connectivity index (χ0n) is 11.6. The molecule has 1 rings (SSSR count). The van der Waals surface area contributed by atoms with E-state index < -0.39 is 24.0 Å². The largest absolute Gasteiger partial charge is 0.391 e. The summed E-state index contributed by atoms with van der Waals surface area (Å²) in [4.78, 5) is 22.8. The summed E-state index contributed by atoms with van der Waals surface area (Å²) in [7, 11) is 0. The first-order valence-electron chi connectivity index (χ1n) is 6.37. The number of carbonyl (C=O) groups is 2. The van der Waals surface area contributed by atoms with Crippen LogP contribution in [-0.4, -0.2) is 34.3 Å². The first-order valence-corrected chi connectivity index (χ1v) is 6.37. The van der Waals surface area contributed by atoms with Crippen molar-refractivity contribution in [1.29, 1.82) is 0 Å². The van der Waals surface area contributed by atoms with Crippen molar-refractivity contribution in [2.75, 3.05) is 0 Å². The van der Waals surface area contributed by atoms with Crippen LogP contribution in [0, 0.1) is 0 Å². The van der Waals surface area contributed by atoms with E-state index in [9.17, 15) is 14.7 Å². The zero-order valence-corrected chi connectivity index (χ0v) is 11.6. The van der Waals surface area contributed by atoms with Gasteiger partial charge in [-0.05, 0) is 12.5 Å². The summed E-state index contributed by atoms with van der Waals surface area (Å²) in [5.41, 5.74) is 2.38. The summed E-state index contributed by atoms with van der Waals surface area (Å²) in [6, 6.07) is 8.32. The SMILES string of the molecule is C[C@@H](O)[C@H](NC(=O)C=CC=Cc1ccccc1)C(=O)NO. The predicted octanol–water partition coefficient (Wildman–Crippen LogP) is 0.627. The van der Waals surface area contributed by atoms with Crippen LogP contribution < -0.4 is 10.8 Å². The second kappa shape index (κ2) is 8.68. The molecule has 0 aliphatic rings. The molecule has 0 saturated carbocycles. The molecule has 112 valence electrons. The fourth-order valence-corrected chi connectivity index (χ4v) is 1.55. The highest BCUT2D eigenvalue weighted by atomic mass is 16.5. The quantitative estimate of drug-likeness (QED) is 0.267. The fraction of sp³-hybridized carbons (Fsp3) is 0.200. The number of nitrogens with one attached hydrogen (secondary N) is 2. The minimum Gasteiger partial charge on any atom is -0.391 e. The molecule has 6 nitrogen and oxygen atoms in total. The van der Waals surface area contributed by atoms with E-state index >= 15 is 0 Å². The maximum Gasteiger partial charge on any atom is 0.268 e. The Hall–Kier alpha value is -2.44. The van der Waals surface area contributed by atoms with Crippen LogP contribution >= 0.6 is 0 Å². The van der Waals surface area contributed by atoms with E-state index in [1.807, 2.05) is 36.4 Å². The molecule has 2 amide bonds. The molecule has 0 unspecified atom stereocenters. The minimum absolute atomic E-state index is 0.554. The first kappa shape index (κ1) is 16.6. The van der Waals surface area contributed by atoms with E-state index in [0.717, 1.165) is 5.56 Å². The van der Waals surface area contributed by atoms with Crippen LogP contribution in [0.2, 0.25) is 0 Å². The van der Waals surface area contributed by atoms with E-state index in [-0.39, 0.29) is 0 Å². The molecule has 0 fully saturated rings. The monoisotopic (exact) mass is 290 g/mol. The van der Waals surface area contributed by atoms with Crippen molar-refractivity contribution < 1.29 is 19.9 Å². The van der Waals surface area contributed by atoms with E-state index in [0.29, 0.717) is 0 Å². The van der Waals surface area contributed by atoms with Gasteiger partial charge in [0.1, 0.15) is 6.04 Å². The third-order valence-electron chi connectivity index (χ3n) is 2.62. The number of aliphatic hydroxyl groups excluding tert-OH is 1. The molecule has 2 atom stereocenters. The van der Waals surface area contributed by atoms with Gasteiger partial charge in [-0.1, -0.05) is 48.6 Å². The van der Waals surface area contributed by atoms with Gasteiger partial charge in [0, 0.05) is 6.08 Å². The molecular weight excluding hydrogens is 272 g/mol. The molecule has 0 saturated heterocycles. The number of carbonyl (C=O) groups excluding carboxylic acids is 2. The Balaban J connectivity index is 2.54. The Bertz CT molecular complexity index is 524. The number of amides is 2. The van der Waals surface area contributed by atoms with Gasteiger partial charge in [0.25, 0.3) is 5.91 Å². The number of rotatable bonds is 6. The lowest BCUT2D eigenvalue weighted by molar-refractivity contribution is -0.136. The lowest BCUT2D eigenvalue weighted by Crippen LogP contribution is -2.51. The van der Waals surface area contributed by atoms with Crippen molar-refractivity contribution in [3.05, 3.63) is 54.1 Å². The lowest BCUT2D eigenvalue weighted by Gasteiger charge is -2.17. The zero-order chi connectivity index (χ0) is 15.7. The molecule has 0 bridgehead atoms. The maximum atomic E-state index is 11.6. The third-order valence-corrected chi connectivity index (χ3v) is 2.62. The molecule has 0 radical (unpaired) electrons. The van der Waals surface area contributed by atoms with Crippen LogP contribution in [0.1, 0.15) is 12.5 Å². The summed E-state index contributed by atoms with van der Waals surface area (Å²) in [6.07, 6.45) is 5.10. The minimum atomic E-state index is -1.22. The van der Waals surface area contributed by atoms with Crippen molar-refractivity contribution in [2.24, 2.45) is 0 Å². The Morgan fingerprint density at radius 3 is 2.43 bits per heavy atom. The lowest BCUT2D eigenvalue weighted by atomic mass is 10.1. The van der Waals surface area contributed by atoms with Crippen LogP contribution in [0.25, 0.3) is 6.08 Å². The standard InChI is InChI=1S/C15H18N2O4/c1-11(18)14(15(20)17-21)16-13(19)10-6-5-9-12-7-3-2-4-8-12/h2-11,14,18,21H,1H3,(H,16,19)(H,17,20)/t11-,14+/m1/s1. The average Bonchev–Trinajstić information content (AvgIpc) is 2.49. The molecule has 0 spiro atoms. The molecule has 0 aromatic heterocycles. The van der Waals surface area contributed by atoms with E-state index in [2.05, 4.69) is 5.32 Å². The van der Waals surface area contributed by atoms with Gasteiger partial charge in [0.2, 0.25) is 5.91 Å². The van der Waals surface area contributed by atoms with Crippen molar-refractivity contribution in [2.45, 2.75) is 19.1 Å². The van der Waals surface area contributed by atoms with Crippen LogP contribution in [0.4, 0.5) is 0 Å². The smallest absolute Gasteiger partial charge is 0.268 e. The highest BCUT2D eigenvalue weighted by molar-refractivity contribution is 5.93. The molecule has 0 aliphatic carbocycles. The normalized spacial score (nSPS) is 14.0. The second-order valence-electron chi connectivity index (χ2n) is 4.33. The number of allylic oxidation sites excluding steroid dienone is 2. The summed E-state index contributed by atoms with van der Waals surface area (Å²) >= 11 is 0. The van der Waals surface area contributed by atoms with E-state index in [1.54, 1.807) is 6.08 Å². The Labute approximate surface area is 122 Å². The van der Waals surface area contributed by atoms with Gasteiger partial charge in [-0.15, -0.1) is 0 Å². The molecule has 21 heavy (non-hydrogen) atoms. The first-order chi connectivity index (χ1) is 10.0. The Kier molecular flexibility index (Phi) is 6.86. The van der Waals surface area contributed by atoms with E-state index in [1.165, 1.54) is 24.6 Å². The molecule has 0 heterocycles. The fourth-order valence-electron chi connectivity index (χ4n) is 1.55. The summed E-state index contributed by atoms with van der Waals surface area (Å²) in [6.45, 7) is 1.33. The second-order valence-corrected chi connectivity index (χ2v) is 4.33. The number of benzene rings is 1. The molecule has 0 aliphatic heterocycles. The predicted molar refractivity (Wildman–Crippen MR) is 78.2 cm³/mol. The number of hydroxylamine groups is 1. The number of hydrogen-bond acceptors (Lipinski definition) is 4. The Morgan fingerprint density at radius 2 is 1.86 bits per heavy atom. The highest BCUT2D eigenvalue weighted by Gasteiger charge is 2.24. The number of aliphatic hydroxyl groups is 1.